The van der Waals surface area contributed by atoms with Crippen LogP contribution in [0.2, 0.25) is 10.0 Å². The first-order valence-electron chi connectivity index (χ1n) is 10.0. The molecule has 0 N–H and O–H groups in total. The normalized spacial score (nSPS) is 15.9. The largest absolute Gasteiger partial charge is 0.308 e. The van der Waals surface area contributed by atoms with Crippen LogP contribution in [0.3, 0.4) is 0 Å². The van der Waals surface area contributed by atoms with Gasteiger partial charge in [0.15, 0.2) is 0 Å². The van der Waals surface area contributed by atoms with Gasteiger partial charge in [-0.15, -0.1) is 0 Å². The lowest BCUT2D eigenvalue weighted by molar-refractivity contribution is -0.119. The van der Waals surface area contributed by atoms with Crippen LogP contribution in [0.5, 0.6) is 0 Å². The minimum atomic E-state index is -0.292. The van der Waals surface area contributed by atoms with Crippen molar-refractivity contribution in [3.05, 3.63) is 111 Å². The van der Waals surface area contributed by atoms with Gasteiger partial charge in [0.05, 0.1) is 16.6 Å². The van der Waals surface area contributed by atoms with Gasteiger partial charge < -0.3 is 4.90 Å². The van der Waals surface area contributed by atoms with E-state index in [9.17, 15) is 9.18 Å². The zero-order valence-corrected chi connectivity index (χ0v) is 18.0. The molecule has 1 aliphatic rings. The molecule has 31 heavy (non-hydrogen) atoms. The first kappa shape index (κ1) is 20.0. The van der Waals surface area contributed by atoms with Crippen molar-refractivity contribution in [3.63, 3.8) is 0 Å². The van der Waals surface area contributed by atoms with E-state index in [2.05, 4.69) is 12.1 Å². The summed E-state index contributed by atoms with van der Waals surface area (Å²) in [7, 11) is 0. The Kier molecular flexibility index (Phi) is 5.17. The molecule has 0 spiro atoms. The number of hydrogen-bond acceptors (Lipinski definition) is 1. The van der Waals surface area contributed by atoms with E-state index in [4.69, 9.17) is 23.2 Å². The molecule has 0 aliphatic carbocycles. The predicted molar refractivity (Wildman–Crippen MR) is 124 cm³/mol. The standard InChI is InChI=1S/C26H18Cl2FNO/c27-22-11-7-18(13-23(22)28)21-14-25(31)30(15-16-5-9-19(29)10-6-16)24-12-8-17-3-1-2-4-20(17)26(21)24/h1-13,21H,14-15H2. The fraction of sp³-hybridized carbons (Fsp3) is 0.115. The molecule has 1 unspecified atom stereocenters. The van der Waals surface area contributed by atoms with Gasteiger partial charge in [-0.1, -0.05) is 71.7 Å². The van der Waals surface area contributed by atoms with Crippen LogP contribution in [0, 0.1) is 5.82 Å². The first-order chi connectivity index (χ1) is 15.0. The van der Waals surface area contributed by atoms with Crippen LogP contribution < -0.4 is 4.90 Å². The number of carbonyl (C=O) groups excluding carboxylic acids is 1. The highest BCUT2D eigenvalue weighted by Crippen LogP contribution is 2.45. The lowest BCUT2D eigenvalue weighted by Crippen LogP contribution is -2.36. The molecule has 1 atom stereocenters. The van der Waals surface area contributed by atoms with Gasteiger partial charge in [0, 0.05) is 18.0 Å². The third-order valence-electron chi connectivity index (χ3n) is 5.87. The molecule has 2 nitrogen and oxygen atoms in total. The van der Waals surface area contributed by atoms with Gasteiger partial charge in [-0.05, 0) is 57.8 Å². The summed E-state index contributed by atoms with van der Waals surface area (Å²) in [6.07, 6.45) is 0.320. The Labute approximate surface area is 189 Å². The topological polar surface area (TPSA) is 20.3 Å². The van der Waals surface area contributed by atoms with E-state index in [0.29, 0.717) is 23.0 Å². The second-order valence-electron chi connectivity index (χ2n) is 7.76. The number of benzene rings is 4. The van der Waals surface area contributed by atoms with Crippen LogP contribution in [0.15, 0.2) is 78.9 Å². The van der Waals surface area contributed by atoms with Crippen LogP contribution >= 0.6 is 23.2 Å². The molecule has 0 aromatic heterocycles. The first-order valence-corrected chi connectivity index (χ1v) is 10.8. The fourth-order valence-electron chi connectivity index (χ4n) is 4.37. The minimum absolute atomic E-state index is 0.0168. The van der Waals surface area contributed by atoms with Crippen molar-refractivity contribution < 1.29 is 9.18 Å². The van der Waals surface area contributed by atoms with Crippen LogP contribution in [0.1, 0.15) is 29.0 Å². The van der Waals surface area contributed by atoms with Crippen molar-refractivity contribution in [2.24, 2.45) is 0 Å². The van der Waals surface area contributed by atoms with Crippen molar-refractivity contribution in [2.45, 2.75) is 18.9 Å². The van der Waals surface area contributed by atoms with Gasteiger partial charge in [0.1, 0.15) is 5.82 Å². The third kappa shape index (κ3) is 3.69. The molecule has 0 saturated heterocycles. The molecule has 5 heteroatoms. The maximum absolute atomic E-state index is 13.4. The van der Waals surface area contributed by atoms with Crippen LogP contribution in [-0.4, -0.2) is 5.91 Å². The third-order valence-corrected chi connectivity index (χ3v) is 6.61. The lowest BCUT2D eigenvalue weighted by atomic mass is 9.81. The number of amides is 1. The average molecular weight is 450 g/mol. The molecule has 5 rings (SSSR count). The molecule has 1 heterocycles. The quantitative estimate of drug-likeness (QED) is 0.320. The summed E-state index contributed by atoms with van der Waals surface area (Å²) < 4.78 is 13.4. The van der Waals surface area contributed by atoms with E-state index in [1.807, 2.05) is 36.4 Å². The van der Waals surface area contributed by atoms with Gasteiger partial charge in [-0.25, -0.2) is 4.39 Å². The predicted octanol–water partition coefficient (Wildman–Crippen LogP) is 7.35. The zero-order chi connectivity index (χ0) is 21.5. The number of anilines is 1. The summed E-state index contributed by atoms with van der Waals surface area (Å²) in [5, 5.41) is 3.18. The molecule has 154 valence electrons. The molecule has 0 fully saturated rings. The van der Waals surface area contributed by atoms with Crippen LogP contribution in [-0.2, 0) is 11.3 Å². The van der Waals surface area contributed by atoms with Crippen LogP contribution in [0.25, 0.3) is 10.8 Å². The van der Waals surface area contributed by atoms with E-state index >= 15 is 0 Å². The second kappa shape index (κ2) is 7.99. The summed E-state index contributed by atoms with van der Waals surface area (Å²) in [6.45, 7) is 0.387. The fourth-order valence-corrected chi connectivity index (χ4v) is 4.67. The Hall–Kier alpha value is -2.88. The van der Waals surface area contributed by atoms with Gasteiger partial charge in [-0.3, -0.25) is 4.79 Å². The van der Waals surface area contributed by atoms with Crippen molar-refractivity contribution in [3.8, 4) is 0 Å². The summed E-state index contributed by atoms with van der Waals surface area (Å²) in [4.78, 5) is 15.1. The highest BCUT2D eigenvalue weighted by Gasteiger charge is 2.33. The molecule has 0 bridgehead atoms. The van der Waals surface area contributed by atoms with E-state index in [1.54, 1.807) is 23.1 Å². The Balaban J connectivity index is 1.67. The maximum Gasteiger partial charge on any atom is 0.228 e. The highest BCUT2D eigenvalue weighted by atomic mass is 35.5. The Morgan fingerprint density at radius 3 is 2.45 bits per heavy atom. The molecule has 4 aromatic carbocycles. The Morgan fingerprint density at radius 2 is 1.68 bits per heavy atom. The smallest absolute Gasteiger partial charge is 0.228 e. The van der Waals surface area contributed by atoms with Crippen molar-refractivity contribution in [1.82, 2.24) is 0 Å². The van der Waals surface area contributed by atoms with Gasteiger partial charge in [0.25, 0.3) is 0 Å². The van der Waals surface area contributed by atoms with Gasteiger partial charge in [-0.2, -0.15) is 0 Å². The molecular formula is C26H18Cl2FNO. The zero-order valence-electron chi connectivity index (χ0n) is 16.5. The number of fused-ring (bicyclic) bond motifs is 3. The van der Waals surface area contributed by atoms with Crippen LogP contribution in [0.4, 0.5) is 10.1 Å². The van der Waals surface area contributed by atoms with Gasteiger partial charge in [0.2, 0.25) is 5.91 Å². The molecular weight excluding hydrogens is 432 g/mol. The van der Waals surface area contributed by atoms with E-state index < -0.39 is 0 Å². The molecule has 0 saturated carbocycles. The van der Waals surface area contributed by atoms with Crippen molar-refractivity contribution >= 4 is 45.6 Å². The number of hydrogen-bond donors (Lipinski definition) is 0. The van der Waals surface area contributed by atoms with Gasteiger partial charge >= 0.3 is 0 Å². The van der Waals surface area contributed by atoms with E-state index in [1.165, 1.54) is 12.1 Å². The number of nitrogens with zero attached hydrogens (tertiary/aromatic N) is 1. The van der Waals surface area contributed by atoms with Crippen molar-refractivity contribution in [1.29, 1.82) is 0 Å². The molecule has 1 amide bonds. The summed E-state index contributed by atoms with van der Waals surface area (Å²) in [6, 6.07) is 24.1. The highest BCUT2D eigenvalue weighted by molar-refractivity contribution is 6.42. The number of rotatable bonds is 3. The molecule has 4 aromatic rings. The SMILES string of the molecule is O=C1CC(c2ccc(Cl)c(Cl)c2)c2c(ccc3ccccc23)N1Cc1ccc(F)cc1. The lowest BCUT2D eigenvalue weighted by Gasteiger charge is -2.35. The molecule has 1 aliphatic heterocycles. The monoisotopic (exact) mass is 449 g/mol. The average Bonchev–Trinajstić information content (AvgIpc) is 2.78. The maximum atomic E-state index is 13.4. The summed E-state index contributed by atoms with van der Waals surface area (Å²) in [5.74, 6) is -0.407. The number of halogens is 3. The molecule has 0 radical (unpaired) electrons. The Bertz CT molecular complexity index is 1300. The minimum Gasteiger partial charge on any atom is -0.308 e. The van der Waals surface area contributed by atoms with E-state index in [0.717, 1.165) is 33.2 Å². The number of carbonyl (C=O) groups is 1. The summed E-state index contributed by atoms with van der Waals surface area (Å²) >= 11 is 12.4. The summed E-state index contributed by atoms with van der Waals surface area (Å²) in [5.41, 5.74) is 3.80. The second-order valence-corrected chi connectivity index (χ2v) is 8.57. The Morgan fingerprint density at radius 1 is 0.903 bits per heavy atom. The van der Waals surface area contributed by atoms with E-state index in [-0.39, 0.29) is 17.6 Å². The van der Waals surface area contributed by atoms with Crippen molar-refractivity contribution in [2.75, 3.05) is 4.90 Å².